The molecule has 0 spiro atoms. The van der Waals surface area contributed by atoms with Crippen molar-refractivity contribution in [3.8, 4) is 5.75 Å². The fourth-order valence-electron chi connectivity index (χ4n) is 2.61. The molecular weight excluding hydrogens is 298 g/mol. The van der Waals surface area contributed by atoms with Crippen LogP contribution in [0.25, 0.3) is 0 Å². The molecule has 4 heteroatoms. The molecule has 2 nitrogen and oxygen atoms in total. The second-order valence-electron chi connectivity index (χ2n) is 5.39. The largest absolute Gasteiger partial charge is 0.497 e. The van der Waals surface area contributed by atoms with E-state index < -0.39 is 0 Å². The Labute approximate surface area is 134 Å². The van der Waals surface area contributed by atoms with E-state index in [0.29, 0.717) is 0 Å². The maximum atomic E-state index is 6.39. The van der Waals surface area contributed by atoms with E-state index >= 15 is 0 Å². The van der Waals surface area contributed by atoms with Crippen LogP contribution >= 0.6 is 23.1 Å². The highest BCUT2D eigenvalue weighted by Gasteiger charge is 2.17. The first kappa shape index (κ1) is 14.9. The van der Waals surface area contributed by atoms with E-state index in [1.807, 2.05) is 35.2 Å². The SMILES string of the molecule is COc1ccc(CCC(N)c2cc3c(s2)CCSC3)cc1. The molecule has 0 fully saturated rings. The summed E-state index contributed by atoms with van der Waals surface area (Å²) in [5.74, 6) is 3.33. The van der Waals surface area contributed by atoms with Gasteiger partial charge in [-0.15, -0.1) is 11.3 Å². The lowest BCUT2D eigenvalue weighted by molar-refractivity contribution is 0.414. The predicted octanol–water partition coefficient (Wildman–Crippen LogP) is 4.18. The molecule has 0 saturated heterocycles. The van der Waals surface area contributed by atoms with Crippen LogP contribution in [0.4, 0.5) is 0 Å². The van der Waals surface area contributed by atoms with Crippen LogP contribution in [0.15, 0.2) is 30.3 Å². The first-order chi connectivity index (χ1) is 10.3. The van der Waals surface area contributed by atoms with Gasteiger partial charge in [0.1, 0.15) is 5.75 Å². The Hall–Kier alpha value is -0.970. The Balaban J connectivity index is 1.60. The molecule has 1 aromatic carbocycles. The third kappa shape index (κ3) is 3.62. The van der Waals surface area contributed by atoms with Gasteiger partial charge in [-0.3, -0.25) is 0 Å². The molecule has 1 aliphatic rings. The summed E-state index contributed by atoms with van der Waals surface area (Å²) in [6, 6.07) is 10.8. The number of thioether (sulfide) groups is 1. The highest BCUT2D eigenvalue weighted by atomic mass is 32.2. The molecule has 112 valence electrons. The van der Waals surface area contributed by atoms with Crippen molar-refractivity contribution in [3.63, 3.8) is 0 Å². The Morgan fingerprint density at radius 3 is 2.81 bits per heavy atom. The van der Waals surface area contributed by atoms with Gasteiger partial charge in [0, 0.05) is 21.5 Å². The van der Waals surface area contributed by atoms with Crippen LogP contribution in [0.5, 0.6) is 5.75 Å². The van der Waals surface area contributed by atoms with E-state index in [1.54, 1.807) is 12.0 Å². The average molecular weight is 319 g/mol. The lowest BCUT2D eigenvalue weighted by atomic mass is 10.0. The number of rotatable bonds is 5. The highest BCUT2D eigenvalue weighted by Crippen LogP contribution is 2.34. The van der Waals surface area contributed by atoms with E-state index in [-0.39, 0.29) is 6.04 Å². The Kier molecular flexibility index (Phi) is 4.88. The van der Waals surface area contributed by atoms with E-state index in [1.165, 1.54) is 28.2 Å². The minimum absolute atomic E-state index is 0.160. The summed E-state index contributed by atoms with van der Waals surface area (Å²) in [6.45, 7) is 0. The minimum atomic E-state index is 0.160. The Bertz CT molecular complexity index is 568. The number of hydrogen-bond donors (Lipinski definition) is 1. The van der Waals surface area contributed by atoms with E-state index in [0.717, 1.165) is 24.3 Å². The fourth-order valence-corrected chi connectivity index (χ4v) is 5.02. The van der Waals surface area contributed by atoms with Gasteiger partial charge in [0.05, 0.1) is 7.11 Å². The zero-order valence-corrected chi connectivity index (χ0v) is 13.9. The van der Waals surface area contributed by atoms with Gasteiger partial charge < -0.3 is 10.5 Å². The lowest BCUT2D eigenvalue weighted by Crippen LogP contribution is -2.09. The van der Waals surface area contributed by atoms with Gasteiger partial charge in [-0.2, -0.15) is 11.8 Å². The summed E-state index contributed by atoms with van der Waals surface area (Å²) < 4.78 is 5.19. The summed E-state index contributed by atoms with van der Waals surface area (Å²) in [5, 5.41) is 0. The monoisotopic (exact) mass is 319 g/mol. The number of methoxy groups -OCH3 is 1. The number of ether oxygens (including phenoxy) is 1. The number of hydrogen-bond acceptors (Lipinski definition) is 4. The minimum Gasteiger partial charge on any atom is -0.497 e. The second kappa shape index (κ2) is 6.86. The topological polar surface area (TPSA) is 35.2 Å². The van der Waals surface area contributed by atoms with Crippen molar-refractivity contribution in [2.24, 2.45) is 5.73 Å². The van der Waals surface area contributed by atoms with Crippen LogP contribution in [-0.2, 0) is 18.6 Å². The van der Waals surface area contributed by atoms with E-state index in [2.05, 4.69) is 18.2 Å². The maximum absolute atomic E-state index is 6.39. The van der Waals surface area contributed by atoms with Crippen LogP contribution < -0.4 is 10.5 Å². The molecule has 2 N–H and O–H groups in total. The van der Waals surface area contributed by atoms with Gasteiger partial charge >= 0.3 is 0 Å². The second-order valence-corrected chi connectivity index (χ2v) is 7.67. The average Bonchev–Trinajstić information content (AvgIpc) is 2.97. The molecule has 0 bridgehead atoms. The summed E-state index contributed by atoms with van der Waals surface area (Å²) >= 11 is 3.96. The quantitative estimate of drug-likeness (QED) is 0.898. The smallest absolute Gasteiger partial charge is 0.118 e. The van der Waals surface area contributed by atoms with Crippen molar-refractivity contribution >= 4 is 23.1 Å². The first-order valence-corrected chi connectivity index (χ1v) is 9.31. The van der Waals surface area contributed by atoms with Crippen molar-refractivity contribution in [2.45, 2.75) is 31.1 Å². The molecule has 0 saturated carbocycles. The number of benzene rings is 1. The number of aryl methyl sites for hydroxylation is 2. The van der Waals surface area contributed by atoms with Gasteiger partial charge in [-0.1, -0.05) is 12.1 Å². The molecule has 0 amide bonds. The first-order valence-electron chi connectivity index (χ1n) is 7.34. The lowest BCUT2D eigenvalue weighted by Gasteiger charge is -2.09. The molecule has 2 aromatic rings. The van der Waals surface area contributed by atoms with Gasteiger partial charge in [0.15, 0.2) is 0 Å². The molecule has 21 heavy (non-hydrogen) atoms. The molecule has 1 aliphatic heterocycles. The van der Waals surface area contributed by atoms with Crippen LogP contribution in [0.2, 0.25) is 0 Å². The normalized spacial score (nSPS) is 15.5. The molecule has 0 aliphatic carbocycles. The van der Waals surface area contributed by atoms with E-state index in [4.69, 9.17) is 10.5 Å². The molecule has 2 heterocycles. The summed E-state index contributed by atoms with van der Waals surface area (Å²) in [6.07, 6.45) is 3.23. The molecule has 1 unspecified atom stereocenters. The van der Waals surface area contributed by atoms with Gasteiger partial charge in [-0.05, 0) is 54.3 Å². The third-order valence-electron chi connectivity index (χ3n) is 3.92. The van der Waals surface area contributed by atoms with Crippen LogP contribution in [-0.4, -0.2) is 12.9 Å². The van der Waals surface area contributed by atoms with Crippen LogP contribution in [0.3, 0.4) is 0 Å². The van der Waals surface area contributed by atoms with Crippen LogP contribution in [0.1, 0.15) is 33.3 Å². The van der Waals surface area contributed by atoms with Crippen molar-refractivity contribution in [1.29, 1.82) is 0 Å². The number of fused-ring (bicyclic) bond motifs is 1. The summed E-state index contributed by atoms with van der Waals surface area (Å²) in [5.41, 5.74) is 9.23. The van der Waals surface area contributed by atoms with Gasteiger partial charge in [0.25, 0.3) is 0 Å². The standard InChI is InChI=1S/C17H21NOS2/c1-19-14-5-2-12(3-6-14)4-7-15(18)17-10-13-11-20-9-8-16(13)21-17/h2-3,5-6,10,15H,4,7-9,11,18H2,1H3. The molecular formula is C17H21NOS2. The Morgan fingerprint density at radius 2 is 2.10 bits per heavy atom. The van der Waals surface area contributed by atoms with Gasteiger partial charge in [0.2, 0.25) is 0 Å². The fraction of sp³-hybridized carbons (Fsp3) is 0.412. The number of nitrogens with two attached hydrogens (primary N) is 1. The van der Waals surface area contributed by atoms with Crippen molar-refractivity contribution in [2.75, 3.05) is 12.9 Å². The molecule has 1 aromatic heterocycles. The Morgan fingerprint density at radius 1 is 1.29 bits per heavy atom. The highest BCUT2D eigenvalue weighted by molar-refractivity contribution is 7.98. The van der Waals surface area contributed by atoms with Crippen molar-refractivity contribution in [3.05, 3.63) is 51.2 Å². The summed E-state index contributed by atoms with van der Waals surface area (Å²) in [7, 11) is 1.70. The van der Waals surface area contributed by atoms with Crippen molar-refractivity contribution < 1.29 is 4.74 Å². The maximum Gasteiger partial charge on any atom is 0.118 e. The third-order valence-corrected chi connectivity index (χ3v) is 6.29. The molecule has 0 radical (unpaired) electrons. The van der Waals surface area contributed by atoms with Gasteiger partial charge in [-0.25, -0.2) is 0 Å². The summed E-state index contributed by atoms with van der Waals surface area (Å²) in [4.78, 5) is 2.92. The number of thiophene rings is 1. The molecule has 1 atom stereocenters. The van der Waals surface area contributed by atoms with Crippen LogP contribution in [0, 0.1) is 0 Å². The van der Waals surface area contributed by atoms with Crippen molar-refractivity contribution in [1.82, 2.24) is 0 Å². The predicted molar refractivity (Wildman–Crippen MR) is 92.4 cm³/mol. The molecule has 3 rings (SSSR count). The zero-order valence-electron chi connectivity index (χ0n) is 12.3. The zero-order chi connectivity index (χ0) is 14.7. The van der Waals surface area contributed by atoms with E-state index in [9.17, 15) is 0 Å².